The number of hydrogen-bond donors (Lipinski definition) is 1. The lowest BCUT2D eigenvalue weighted by atomic mass is 10.1. The van der Waals surface area contributed by atoms with E-state index in [1.54, 1.807) is 30.3 Å². The first kappa shape index (κ1) is 15.5. The van der Waals surface area contributed by atoms with Crippen LogP contribution >= 0.6 is 0 Å². The summed E-state index contributed by atoms with van der Waals surface area (Å²) in [6.07, 6.45) is 0. The summed E-state index contributed by atoms with van der Waals surface area (Å²) in [6.45, 7) is 0. The van der Waals surface area contributed by atoms with Crippen molar-refractivity contribution in [1.82, 2.24) is 4.98 Å². The van der Waals surface area contributed by atoms with Gasteiger partial charge in [-0.25, -0.2) is 0 Å². The minimum absolute atomic E-state index is 0.603. The fourth-order valence-electron chi connectivity index (χ4n) is 2.79. The summed E-state index contributed by atoms with van der Waals surface area (Å²) in [7, 11) is 0. The maximum Gasteiger partial charge on any atom is 0.127 e. The number of nitrogens with one attached hydrogen (secondary N) is 1. The summed E-state index contributed by atoms with van der Waals surface area (Å²) >= 11 is 0. The summed E-state index contributed by atoms with van der Waals surface area (Å²) in [4.78, 5) is 3.36. The van der Waals surface area contributed by atoms with Crippen molar-refractivity contribution in [3.05, 3.63) is 83.9 Å². The number of nitriles is 2. The molecule has 0 amide bonds. The van der Waals surface area contributed by atoms with Crippen LogP contribution in [0.1, 0.15) is 11.1 Å². The molecular formula is C22H13N3O. The normalized spacial score (nSPS) is 10.2. The van der Waals surface area contributed by atoms with Crippen molar-refractivity contribution in [2.24, 2.45) is 0 Å². The third kappa shape index (κ3) is 3.00. The summed E-state index contributed by atoms with van der Waals surface area (Å²) in [6, 6.07) is 26.6. The second kappa shape index (κ2) is 6.47. The van der Waals surface area contributed by atoms with Gasteiger partial charge in [-0.3, -0.25) is 0 Å². The second-order valence-corrected chi connectivity index (χ2v) is 5.86. The van der Waals surface area contributed by atoms with E-state index in [1.165, 1.54) is 0 Å². The molecule has 1 N–H and O–H groups in total. The lowest BCUT2D eigenvalue weighted by Crippen LogP contribution is -1.85. The van der Waals surface area contributed by atoms with Gasteiger partial charge in [0.1, 0.15) is 11.5 Å². The van der Waals surface area contributed by atoms with Gasteiger partial charge in [0.15, 0.2) is 0 Å². The minimum atomic E-state index is 0.603. The predicted molar refractivity (Wildman–Crippen MR) is 99.7 cm³/mol. The molecule has 0 bridgehead atoms. The molecule has 0 aliphatic carbocycles. The number of aromatic amines is 1. The monoisotopic (exact) mass is 335 g/mol. The number of fused-ring (bicyclic) bond motifs is 1. The smallest absolute Gasteiger partial charge is 0.127 e. The standard InChI is InChI=1S/C22H13N3O/c23-13-15-1-6-19(7-2-15)26-20-8-4-17(5-9-20)22-12-18-11-16(14-24)3-10-21(18)25-22/h1-12,25H. The highest BCUT2D eigenvalue weighted by atomic mass is 16.5. The van der Waals surface area contributed by atoms with E-state index in [2.05, 4.69) is 17.1 Å². The van der Waals surface area contributed by atoms with Crippen LogP contribution in [0.15, 0.2) is 72.8 Å². The zero-order chi connectivity index (χ0) is 17.9. The molecule has 1 heterocycles. The maximum absolute atomic E-state index is 9.01. The first-order valence-electron chi connectivity index (χ1n) is 8.06. The van der Waals surface area contributed by atoms with Crippen LogP contribution in [0.2, 0.25) is 0 Å². The number of H-pyrrole nitrogens is 1. The van der Waals surface area contributed by atoms with Gasteiger partial charge in [0.05, 0.1) is 23.3 Å². The van der Waals surface area contributed by atoms with Crippen LogP contribution in [0, 0.1) is 22.7 Å². The lowest BCUT2D eigenvalue weighted by Gasteiger charge is -2.06. The Balaban J connectivity index is 1.57. The molecule has 4 rings (SSSR count). The average molecular weight is 335 g/mol. The third-order valence-corrected chi connectivity index (χ3v) is 4.13. The highest BCUT2D eigenvalue weighted by molar-refractivity contribution is 5.86. The summed E-state index contributed by atoms with van der Waals surface area (Å²) in [5.74, 6) is 1.41. The van der Waals surface area contributed by atoms with Crippen LogP contribution in [-0.4, -0.2) is 4.98 Å². The molecule has 0 radical (unpaired) electrons. The SMILES string of the molecule is N#Cc1ccc(Oc2ccc(-c3cc4cc(C#N)ccc4[nH]3)cc2)cc1. The van der Waals surface area contributed by atoms with E-state index in [4.69, 9.17) is 15.3 Å². The number of hydrogen-bond acceptors (Lipinski definition) is 3. The molecule has 4 heteroatoms. The first-order valence-corrected chi connectivity index (χ1v) is 8.06. The molecule has 26 heavy (non-hydrogen) atoms. The number of aromatic nitrogens is 1. The topological polar surface area (TPSA) is 72.6 Å². The molecule has 0 atom stereocenters. The predicted octanol–water partition coefficient (Wildman–Crippen LogP) is 5.37. The van der Waals surface area contributed by atoms with Gasteiger partial charge in [-0.15, -0.1) is 0 Å². The molecule has 4 nitrogen and oxygen atoms in total. The van der Waals surface area contributed by atoms with Crippen LogP contribution < -0.4 is 4.74 Å². The largest absolute Gasteiger partial charge is 0.457 e. The Morgan fingerprint density at radius 2 is 1.31 bits per heavy atom. The Hall–Kier alpha value is -4.02. The number of benzene rings is 3. The molecule has 0 fully saturated rings. The molecular weight excluding hydrogens is 322 g/mol. The molecule has 3 aromatic carbocycles. The lowest BCUT2D eigenvalue weighted by molar-refractivity contribution is 0.482. The Morgan fingerprint density at radius 3 is 1.96 bits per heavy atom. The molecule has 0 saturated heterocycles. The molecule has 122 valence electrons. The maximum atomic E-state index is 9.01. The molecule has 0 spiro atoms. The van der Waals surface area contributed by atoms with Crippen LogP contribution in [0.25, 0.3) is 22.2 Å². The summed E-state index contributed by atoms with van der Waals surface area (Å²) in [5, 5.41) is 18.9. The molecule has 0 aliphatic heterocycles. The van der Waals surface area contributed by atoms with E-state index < -0.39 is 0 Å². The van der Waals surface area contributed by atoms with Crippen molar-refractivity contribution in [2.45, 2.75) is 0 Å². The van der Waals surface area contributed by atoms with Gasteiger partial charge in [-0.2, -0.15) is 10.5 Å². The highest BCUT2D eigenvalue weighted by Crippen LogP contribution is 2.28. The average Bonchev–Trinajstić information content (AvgIpc) is 3.12. The zero-order valence-electron chi connectivity index (χ0n) is 13.7. The van der Waals surface area contributed by atoms with Gasteiger partial charge in [0.25, 0.3) is 0 Å². The van der Waals surface area contributed by atoms with Gasteiger partial charge in [0, 0.05) is 16.6 Å². The van der Waals surface area contributed by atoms with Gasteiger partial charge in [-0.05, 0) is 78.4 Å². The fourth-order valence-corrected chi connectivity index (χ4v) is 2.79. The molecule has 0 aliphatic rings. The summed E-state index contributed by atoms with van der Waals surface area (Å²) in [5.41, 5.74) is 4.27. The molecule has 0 saturated carbocycles. The van der Waals surface area contributed by atoms with E-state index in [9.17, 15) is 0 Å². The Morgan fingerprint density at radius 1 is 0.692 bits per heavy atom. The van der Waals surface area contributed by atoms with E-state index in [-0.39, 0.29) is 0 Å². The third-order valence-electron chi connectivity index (χ3n) is 4.13. The van der Waals surface area contributed by atoms with Crippen LogP contribution in [0.3, 0.4) is 0 Å². The van der Waals surface area contributed by atoms with Crippen LogP contribution in [-0.2, 0) is 0 Å². The fraction of sp³-hybridized carbons (Fsp3) is 0. The van der Waals surface area contributed by atoms with E-state index in [0.29, 0.717) is 16.9 Å². The zero-order valence-corrected chi connectivity index (χ0v) is 13.7. The van der Waals surface area contributed by atoms with E-state index in [1.807, 2.05) is 42.5 Å². The Bertz CT molecular complexity index is 1160. The Labute approximate surface area is 150 Å². The number of rotatable bonds is 3. The Kier molecular flexibility index (Phi) is 3.86. The second-order valence-electron chi connectivity index (χ2n) is 5.86. The quantitative estimate of drug-likeness (QED) is 0.547. The van der Waals surface area contributed by atoms with Crippen LogP contribution in [0.4, 0.5) is 0 Å². The van der Waals surface area contributed by atoms with Crippen LogP contribution in [0.5, 0.6) is 11.5 Å². The van der Waals surface area contributed by atoms with E-state index in [0.717, 1.165) is 27.9 Å². The number of nitrogens with zero attached hydrogens (tertiary/aromatic N) is 2. The van der Waals surface area contributed by atoms with Gasteiger partial charge in [0.2, 0.25) is 0 Å². The van der Waals surface area contributed by atoms with Gasteiger partial charge in [-0.1, -0.05) is 0 Å². The van der Waals surface area contributed by atoms with Crippen molar-refractivity contribution < 1.29 is 4.74 Å². The minimum Gasteiger partial charge on any atom is -0.457 e. The van der Waals surface area contributed by atoms with Crippen molar-refractivity contribution in [1.29, 1.82) is 10.5 Å². The van der Waals surface area contributed by atoms with Gasteiger partial charge < -0.3 is 9.72 Å². The molecule has 4 aromatic rings. The van der Waals surface area contributed by atoms with Crippen molar-refractivity contribution in [3.63, 3.8) is 0 Å². The number of ether oxygens (including phenoxy) is 1. The van der Waals surface area contributed by atoms with Crippen molar-refractivity contribution in [2.75, 3.05) is 0 Å². The van der Waals surface area contributed by atoms with Crippen molar-refractivity contribution in [3.8, 4) is 34.9 Å². The first-order chi connectivity index (χ1) is 12.7. The summed E-state index contributed by atoms with van der Waals surface area (Å²) < 4.78 is 5.80. The van der Waals surface area contributed by atoms with Gasteiger partial charge >= 0.3 is 0 Å². The van der Waals surface area contributed by atoms with Crippen molar-refractivity contribution >= 4 is 10.9 Å². The highest BCUT2D eigenvalue weighted by Gasteiger charge is 2.05. The molecule has 1 aromatic heterocycles. The van der Waals surface area contributed by atoms with E-state index >= 15 is 0 Å². The molecule has 0 unspecified atom stereocenters.